The van der Waals surface area contributed by atoms with Crippen LogP contribution in [-0.4, -0.2) is 44.3 Å². The first kappa shape index (κ1) is 19.4. The molecule has 6 nitrogen and oxygen atoms in total. The molecule has 0 bridgehead atoms. The Kier molecular flexibility index (Phi) is 6.06. The van der Waals surface area contributed by atoms with Crippen LogP contribution in [0, 0.1) is 5.41 Å². The van der Waals surface area contributed by atoms with E-state index in [1.807, 2.05) is 26.8 Å². The normalized spacial score (nSPS) is 17.8. The van der Waals surface area contributed by atoms with Crippen molar-refractivity contribution in [2.24, 2.45) is 11.1 Å². The predicted molar refractivity (Wildman–Crippen MR) is 96.5 cm³/mol. The zero-order valence-electron chi connectivity index (χ0n) is 14.5. The van der Waals surface area contributed by atoms with Crippen molar-refractivity contribution in [2.45, 2.75) is 50.3 Å². The molecule has 0 spiro atoms. The number of rotatable bonds is 5. The zero-order valence-corrected chi connectivity index (χ0v) is 16.2. The van der Waals surface area contributed by atoms with Gasteiger partial charge in [-0.3, -0.25) is 4.79 Å². The number of nitrogens with zero attached hydrogens (tertiary/aromatic N) is 1. The van der Waals surface area contributed by atoms with Crippen molar-refractivity contribution in [3.8, 4) is 0 Å². The number of hydrogen-bond donors (Lipinski definition) is 2. The molecule has 0 radical (unpaired) electrons. The minimum atomic E-state index is -3.42. The van der Waals surface area contributed by atoms with Gasteiger partial charge in [0.25, 0.3) is 10.0 Å². The number of carbonyl (C=O) groups is 1. The maximum Gasteiger partial charge on any atom is 0.252 e. The van der Waals surface area contributed by atoms with E-state index in [0.29, 0.717) is 43.1 Å². The molecule has 0 aromatic carbocycles. The summed E-state index contributed by atoms with van der Waals surface area (Å²) in [7, 11) is -3.42. The summed E-state index contributed by atoms with van der Waals surface area (Å²) in [6.07, 6.45) is 2.04. The molecule has 1 fully saturated rings. The summed E-state index contributed by atoms with van der Waals surface area (Å²) >= 11 is 1.28. The van der Waals surface area contributed by atoms with Gasteiger partial charge in [-0.2, -0.15) is 4.31 Å². The van der Waals surface area contributed by atoms with Crippen LogP contribution in [0.2, 0.25) is 0 Å². The summed E-state index contributed by atoms with van der Waals surface area (Å²) in [4.78, 5) is 12.8. The molecular weight excluding hydrogens is 346 g/mol. The molecule has 2 heterocycles. The minimum absolute atomic E-state index is 0.00319. The fraction of sp³-hybridized carbons (Fsp3) is 0.688. The van der Waals surface area contributed by atoms with Crippen LogP contribution in [-0.2, 0) is 21.2 Å². The zero-order chi connectivity index (χ0) is 18.0. The Morgan fingerprint density at radius 3 is 2.54 bits per heavy atom. The first-order valence-electron chi connectivity index (χ1n) is 8.23. The van der Waals surface area contributed by atoms with E-state index in [4.69, 9.17) is 5.73 Å². The monoisotopic (exact) mass is 373 g/mol. The van der Waals surface area contributed by atoms with Crippen molar-refractivity contribution >= 4 is 27.3 Å². The van der Waals surface area contributed by atoms with Gasteiger partial charge in [-0.15, -0.1) is 11.3 Å². The van der Waals surface area contributed by atoms with Crippen molar-refractivity contribution in [2.75, 3.05) is 19.6 Å². The Hall–Kier alpha value is -0.960. The Bertz CT molecular complexity index is 669. The maximum atomic E-state index is 12.6. The summed E-state index contributed by atoms with van der Waals surface area (Å²) in [6, 6.07) is 3.59. The maximum absolute atomic E-state index is 12.6. The molecule has 1 aliphatic rings. The van der Waals surface area contributed by atoms with Gasteiger partial charge in [-0.1, -0.05) is 20.8 Å². The third-order valence-electron chi connectivity index (χ3n) is 4.07. The number of thiophene rings is 1. The van der Waals surface area contributed by atoms with Crippen molar-refractivity contribution in [3.05, 3.63) is 17.0 Å². The fourth-order valence-electron chi connectivity index (χ4n) is 2.44. The lowest BCUT2D eigenvalue weighted by atomic mass is 9.96. The molecule has 1 amide bonds. The van der Waals surface area contributed by atoms with Gasteiger partial charge in [0.15, 0.2) is 0 Å². The standard InChI is InChI=1S/C16H27N3O3S2/c1-16(2,3)15(20)18-9-6-13-4-5-14(23-13)24(21,22)19-10-7-12(17)8-11-19/h4-5,12H,6-11,17H2,1-3H3,(H,18,20). The smallest absolute Gasteiger partial charge is 0.252 e. The van der Waals surface area contributed by atoms with E-state index in [-0.39, 0.29) is 11.9 Å². The second kappa shape index (κ2) is 7.51. The average Bonchev–Trinajstić information content (AvgIpc) is 2.96. The second-order valence-electron chi connectivity index (χ2n) is 7.22. The van der Waals surface area contributed by atoms with Gasteiger partial charge in [0.2, 0.25) is 5.91 Å². The molecule has 0 unspecified atom stereocenters. The highest BCUT2D eigenvalue weighted by Gasteiger charge is 2.29. The molecule has 8 heteroatoms. The van der Waals surface area contributed by atoms with Crippen LogP contribution in [0.25, 0.3) is 0 Å². The van der Waals surface area contributed by atoms with Crippen LogP contribution < -0.4 is 11.1 Å². The highest BCUT2D eigenvalue weighted by Crippen LogP contribution is 2.27. The van der Waals surface area contributed by atoms with Crippen LogP contribution in [0.15, 0.2) is 16.3 Å². The largest absolute Gasteiger partial charge is 0.355 e. The lowest BCUT2D eigenvalue weighted by molar-refractivity contribution is -0.128. The van der Waals surface area contributed by atoms with Gasteiger partial charge >= 0.3 is 0 Å². The highest BCUT2D eigenvalue weighted by atomic mass is 32.2. The Balaban J connectivity index is 1.94. The van der Waals surface area contributed by atoms with Crippen molar-refractivity contribution in [1.82, 2.24) is 9.62 Å². The van der Waals surface area contributed by atoms with E-state index in [1.165, 1.54) is 15.6 Å². The first-order valence-corrected chi connectivity index (χ1v) is 10.5. The highest BCUT2D eigenvalue weighted by molar-refractivity contribution is 7.91. The molecule has 1 aliphatic heterocycles. The van der Waals surface area contributed by atoms with Gasteiger partial charge < -0.3 is 11.1 Å². The van der Waals surface area contributed by atoms with Gasteiger partial charge in [-0.25, -0.2) is 8.42 Å². The van der Waals surface area contributed by atoms with E-state index in [9.17, 15) is 13.2 Å². The van der Waals surface area contributed by atoms with Crippen molar-refractivity contribution < 1.29 is 13.2 Å². The summed E-state index contributed by atoms with van der Waals surface area (Å²) in [5, 5.41) is 2.88. The van der Waals surface area contributed by atoms with E-state index in [0.717, 1.165) is 4.88 Å². The summed E-state index contributed by atoms with van der Waals surface area (Å²) in [5.74, 6) is -0.00319. The topological polar surface area (TPSA) is 92.5 Å². The third kappa shape index (κ3) is 4.78. The van der Waals surface area contributed by atoms with Crippen LogP contribution in [0.3, 0.4) is 0 Å². The number of nitrogens with two attached hydrogens (primary N) is 1. The summed E-state index contributed by atoms with van der Waals surface area (Å²) < 4.78 is 27.2. The number of piperidine rings is 1. The first-order chi connectivity index (χ1) is 11.1. The molecule has 3 N–H and O–H groups in total. The van der Waals surface area contributed by atoms with Gasteiger partial charge in [0.1, 0.15) is 4.21 Å². The third-order valence-corrected chi connectivity index (χ3v) is 7.58. The van der Waals surface area contributed by atoms with Gasteiger partial charge in [-0.05, 0) is 31.4 Å². The number of sulfonamides is 1. The molecule has 1 aromatic rings. The number of amides is 1. The molecule has 0 saturated carbocycles. The van der Waals surface area contributed by atoms with E-state index in [2.05, 4.69) is 5.32 Å². The molecule has 0 aliphatic carbocycles. The minimum Gasteiger partial charge on any atom is -0.355 e. The van der Waals surface area contributed by atoms with E-state index >= 15 is 0 Å². The summed E-state index contributed by atoms with van der Waals surface area (Å²) in [6.45, 7) is 7.07. The molecular formula is C16H27N3O3S2. The van der Waals surface area contributed by atoms with Crippen molar-refractivity contribution in [1.29, 1.82) is 0 Å². The molecule has 2 rings (SSSR count). The fourth-order valence-corrected chi connectivity index (χ4v) is 5.42. The van der Waals surface area contributed by atoms with E-state index < -0.39 is 15.4 Å². The molecule has 24 heavy (non-hydrogen) atoms. The molecule has 0 atom stereocenters. The Morgan fingerprint density at radius 1 is 1.33 bits per heavy atom. The number of carbonyl (C=O) groups excluding carboxylic acids is 1. The number of nitrogens with one attached hydrogen (secondary N) is 1. The van der Waals surface area contributed by atoms with Crippen LogP contribution >= 0.6 is 11.3 Å². The lowest BCUT2D eigenvalue weighted by Gasteiger charge is -2.28. The Labute approximate surface area is 148 Å². The second-order valence-corrected chi connectivity index (χ2v) is 10.6. The van der Waals surface area contributed by atoms with Crippen LogP contribution in [0.1, 0.15) is 38.5 Å². The molecule has 136 valence electrons. The van der Waals surface area contributed by atoms with Gasteiger partial charge in [0, 0.05) is 36.0 Å². The van der Waals surface area contributed by atoms with Crippen molar-refractivity contribution in [3.63, 3.8) is 0 Å². The molecule has 1 aromatic heterocycles. The van der Waals surface area contributed by atoms with Crippen LogP contribution in [0.4, 0.5) is 0 Å². The summed E-state index contributed by atoms with van der Waals surface area (Å²) in [5.41, 5.74) is 5.42. The van der Waals surface area contributed by atoms with E-state index in [1.54, 1.807) is 6.07 Å². The predicted octanol–water partition coefficient (Wildman–Crippen LogP) is 1.56. The molecule has 1 saturated heterocycles. The number of hydrogen-bond acceptors (Lipinski definition) is 5. The Morgan fingerprint density at radius 2 is 1.96 bits per heavy atom. The lowest BCUT2D eigenvalue weighted by Crippen LogP contribution is -2.42. The SMILES string of the molecule is CC(C)(C)C(=O)NCCc1ccc(S(=O)(=O)N2CCC(N)CC2)s1. The quantitative estimate of drug-likeness (QED) is 0.819. The average molecular weight is 374 g/mol. The van der Waals surface area contributed by atoms with Gasteiger partial charge in [0.05, 0.1) is 0 Å². The van der Waals surface area contributed by atoms with Crippen LogP contribution in [0.5, 0.6) is 0 Å².